The van der Waals surface area contributed by atoms with Crippen molar-refractivity contribution in [2.75, 3.05) is 11.9 Å². The minimum atomic E-state index is -0.454. The molecular weight excluding hydrogens is 615 g/mol. The van der Waals surface area contributed by atoms with E-state index >= 15 is 0 Å². The number of nitrogens with one attached hydrogen (secondary N) is 1. The molecule has 0 radical (unpaired) electrons. The fraction of sp³-hybridized carbons (Fsp3) is 0.258. The summed E-state index contributed by atoms with van der Waals surface area (Å²) in [6.07, 6.45) is 2.06. The monoisotopic (exact) mass is 640 g/mol. The summed E-state index contributed by atoms with van der Waals surface area (Å²) >= 11 is 20.3. The molecular formula is C31H27Cl3N4O3S. The van der Waals surface area contributed by atoms with Crippen molar-refractivity contribution in [1.29, 1.82) is 0 Å². The number of rotatable bonds is 9. The molecule has 2 heterocycles. The predicted octanol–water partition coefficient (Wildman–Crippen LogP) is 8.53. The van der Waals surface area contributed by atoms with Crippen molar-refractivity contribution in [3.63, 3.8) is 0 Å². The van der Waals surface area contributed by atoms with E-state index in [0.717, 1.165) is 35.2 Å². The van der Waals surface area contributed by atoms with Gasteiger partial charge in [0.25, 0.3) is 0 Å². The molecule has 4 aromatic rings. The summed E-state index contributed by atoms with van der Waals surface area (Å²) in [5.74, 6) is 2.47. The van der Waals surface area contributed by atoms with E-state index in [4.69, 9.17) is 54.4 Å². The van der Waals surface area contributed by atoms with E-state index in [0.29, 0.717) is 62.0 Å². The highest BCUT2D eigenvalue weighted by atomic mass is 35.5. The van der Waals surface area contributed by atoms with E-state index < -0.39 is 6.04 Å². The van der Waals surface area contributed by atoms with Gasteiger partial charge in [0.05, 0.1) is 6.61 Å². The molecule has 1 unspecified atom stereocenters. The van der Waals surface area contributed by atoms with Crippen molar-refractivity contribution in [2.45, 2.75) is 49.7 Å². The molecule has 0 bridgehead atoms. The predicted molar refractivity (Wildman–Crippen MR) is 167 cm³/mol. The maximum absolute atomic E-state index is 13.3. The summed E-state index contributed by atoms with van der Waals surface area (Å²) in [5, 5.41) is 10.6. The zero-order chi connectivity index (χ0) is 29.2. The van der Waals surface area contributed by atoms with Gasteiger partial charge in [0.1, 0.15) is 12.6 Å². The van der Waals surface area contributed by atoms with Crippen LogP contribution in [0.15, 0.2) is 77.1 Å². The van der Waals surface area contributed by atoms with Crippen molar-refractivity contribution >= 4 is 58.3 Å². The molecule has 0 spiro atoms. The van der Waals surface area contributed by atoms with E-state index in [9.17, 15) is 4.79 Å². The van der Waals surface area contributed by atoms with Gasteiger partial charge in [-0.15, -0.1) is 5.10 Å². The Morgan fingerprint density at radius 2 is 1.83 bits per heavy atom. The van der Waals surface area contributed by atoms with Gasteiger partial charge in [-0.25, -0.2) is 4.68 Å². The number of allylic oxidation sites excluding steroid dienone is 2. The molecule has 1 aromatic heterocycles. The van der Waals surface area contributed by atoms with Gasteiger partial charge < -0.3 is 14.8 Å². The largest absolute Gasteiger partial charge is 0.490 e. The number of ether oxygens (including phenoxy) is 2. The Morgan fingerprint density at radius 3 is 2.64 bits per heavy atom. The fourth-order valence-electron chi connectivity index (χ4n) is 5.14. The third-order valence-electron chi connectivity index (χ3n) is 7.14. The Balaban J connectivity index is 1.33. The molecule has 0 saturated carbocycles. The molecule has 216 valence electrons. The summed E-state index contributed by atoms with van der Waals surface area (Å²) in [6, 6.07) is 18.3. The number of ketones is 1. The van der Waals surface area contributed by atoms with Crippen LogP contribution in [-0.2, 0) is 17.2 Å². The highest BCUT2D eigenvalue weighted by Gasteiger charge is 2.37. The number of benzene rings is 3. The number of nitrogens with zero attached hydrogens (tertiary/aromatic N) is 3. The third kappa shape index (κ3) is 5.99. The first-order valence-corrected chi connectivity index (χ1v) is 15.7. The second kappa shape index (κ2) is 12.6. The highest BCUT2D eigenvalue weighted by Crippen LogP contribution is 2.43. The number of hydrogen-bond acceptors (Lipinski definition) is 7. The summed E-state index contributed by atoms with van der Waals surface area (Å²) in [4.78, 5) is 18.1. The smallest absolute Gasteiger partial charge is 0.227 e. The van der Waals surface area contributed by atoms with E-state index in [1.165, 1.54) is 11.8 Å². The fourth-order valence-corrected chi connectivity index (χ4v) is 6.72. The van der Waals surface area contributed by atoms with Crippen molar-refractivity contribution < 1.29 is 14.3 Å². The second-order valence-corrected chi connectivity index (χ2v) is 12.1. The van der Waals surface area contributed by atoms with Crippen LogP contribution in [-0.4, -0.2) is 27.2 Å². The van der Waals surface area contributed by atoms with Gasteiger partial charge in [-0.05, 0) is 61.2 Å². The number of carbonyl (C=O) groups excluding carboxylic acids is 1. The lowest BCUT2D eigenvalue weighted by atomic mass is 9.85. The average molecular weight is 642 g/mol. The zero-order valence-corrected chi connectivity index (χ0v) is 25.8. The second-order valence-electron chi connectivity index (χ2n) is 9.90. The van der Waals surface area contributed by atoms with E-state index in [1.807, 2.05) is 55.5 Å². The molecule has 1 N–H and O–H groups in total. The Labute approximate surface area is 263 Å². The van der Waals surface area contributed by atoms with Crippen molar-refractivity contribution in [2.24, 2.45) is 0 Å². The molecule has 7 nitrogen and oxygen atoms in total. The Morgan fingerprint density at radius 1 is 0.976 bits per heavy atom. The lowest BCUT2D eigenvalue weighted by Gasteiger charge is -2.32. The summed E-state index contributed by atoms with van der Waals surface area (Å²) < 4.78 is 13.9. The first-order chi connectivity index (χ1) is 20.4. The van der Waals surface area contributed by atoms with E-state index in [-0.39, 0.29) is 12.4 Å². The minimum Gasteiger partial charge on any atom is -0.490 e. The highest BCUT2D eigenvalue weighted by molar-refractivity contribution is 7.98. The van der Waals surface area contributed by atoms with Crippen LogP contribution in [0, 0.1) is 0 Å². The minimum absolute atomic E-state index is 0.107. The molecule has 6 rings (SSSR count). The lowest BCUT2D eigenvalue weighted by Crippen LogP contribution is -2.31. The Hall–Kier alpha value is -3.17. The Bertz CT molecular complexity index is 1690. The van der Waals surface area contributed by atoms with Crippen LogP contribution >= 0.6 is 46.6 Å². The molecule has 1 aliphatic heterocycles. The first kappa shape index (κ1) is 28.9. The summed E-state index contributed by atoms with van der Waals surface area (Å²) in [6.45, 7) is 2.61. The molecule has 1 aliphatic carbocycles. The van der Waals surface area contributed by atoms with Gasteiger partial charge in [-0.2, -0.15) is 4.98 Å². The van der Waals surface area contributed by atoms with Crippen LogP contribution in [0.2, 0.25) is 15.1 Å². The maximum Gasteiger partial charge on any atom is 0.227 e. The van der Waals surface area contributed by atoms with Gasteiger partial charge in [0.2, 0.25) is 11.1 Å². The molecule has 1 atom stereocenters. The van der Waals surface area contributed by atoms with Crippen molar-refractivity contribution in [3.8, 4) is 11.5 Å². The SMILES string of the molecule is CCOc1cc(C2C3=C(CCCC3=O)Nc3nc(SCc4ccccc4Cl)nn32)ccc1OCc1ccc(Cl)cc1Cl. The lowest BCUT2D eigenvalue weighted by molar-refractivity contribution is -0.116. The van der Waals surface area contributed by atoms with Crippen LogP contribution in [0.3, 0.4) is 0 Å². The molecule has 11 heteroatoms. The van der Waals surface area contributed by atoms with E-state index in [1.54, 1.807) is 16.8 Å². The average Bonchev–Trinajstić information content (AvgIpc) is 3.38. The van der Waals surface area contributed by atoms with Gasteiger partial charge >= 0.3 is 0 Å². The number of fused-ring (bicyclic) bond motifs is 1. The molecule has 3 aromatic carbocycles. The van der Waals surface area contributed by atoms with Gasteiger partial charge in [-0.3, -0.25) is 4.79 Å². The molecule has 0 fully saturated rings. The summed E-state index contributed by atoms with van der Waals surface area (Å²) in [7, 11) is 0. The molecule has 2 aliphatic rings. The third-order valence-corrected chi connectivity index (χ3v) is 8.99. The van der Waals surface area contributed by atoms with Gasteiger partial charge in [0, 0.05) is 44.1 Å². The number of Topliss-reactive ketones (excluding diaryl/α,β-unsaturated/α-hetero) is 1. The van der Waals surface area contributed by atoms with Gasteiger partial charge in [0.15, 0.2) is 17.3 Å². The number of aromatic nitrogens is 3. The van der Waals surface area contributed by atoms with Crippen LogP contribution in [0.1, 0.15) is 48.9 Å². The number of anilines is 1. The zero-order valence-electron chi connectivity index (χ0n) is 22.7. The number of thioether (sulfide) groups is 1. The molecule has 0 amide bonds. The van der Waals surface area contributed by atoms with Crippen LogP contribution in [0.25, 0.3) is 0 Å². The van der Waals surface area contributed by atoms with Crippen molar-refractivity contribution in [3.05, 3.63) is 104 Å². The van der Waals surface area contributed by atoms with Crippen LogP contribution in [0.5, 0.6) is 11.5 Å². The summed E-state index contributed by atoms with van der Waals surface area (Å²) in [5.41, 5.74) is 4.28. The normalized spacial score (nSPS) is 16.1. The number of hydrogen-bond donors (Lipinski definition) is 1. The maximum atomic E-state index is 13.3. The van der Waals surface area contributed by atoms with Crippen molar-refractivity contribution in [1.82, 2.24) is 14.8 Å². The molecule has 0 saturated heterocycles. The van der Waals surface area contributed by atoms with Crippen LogP contribution in [0.4, 0.5) is 5.95 Å². The van der Waals surface area contributed by atoms with E-state index in [2.05, 4.69) is 5.32 Å². The Kier molecular flexibility index (Phi) is 8.67. The number of carbonyl (C=O) groups is 1. The first-order valence-electron chi connectivity index (χ1n) is 13.6. The number of halogens is 3. The standard InChI is InChI=1S/C31H27Cl3N4O3S/c1-2-40-27-14-18(11-13-26(27)41-16-19-10-12-21(32)15-23(19)34)29-28-24(8-5-9-25(28)39)35-30-36-31(37-38(29)30)42-17-20-6-3-4-7-22(20)33/h3-4,6-7,10-15,29H,2,5,8-9,16-17H2,1H3,(H,35,36,37). The van der Waals surface area contributed by atoms with Crippen LogP contribution < -0.4 is 14.8 Å². The topological polar surface area (TPSA) is 78.3 Å². The quantitative estimate of drug-likeness (QED) is 0.184. The molecule has 42 heavy (non-hydrogen) atoms. The van der Waals surface area contributed by atoms with Gasteiger partial charge in [-0.1, -0.05) is 76.9 Å².